The molecular formula is C73H80N17O23P3S. The maximum Gasteiger partial charge on any atom is 0.490 e. The first kappa shape index (κ1) is 87.9. The second-order valence-electron chi connectivity index (χ2n) is 25.8. The first-order valence-corrected chi connectivity index (χ1v) is 41.6. The van der Waals surface area contributed by atoms with Gasteiger partial charge in [-0.25, -0.2) is 28.3 Å². The molecule has 3 aliphatic rings. The maximum atomic E-state index is 14.4. The normalized spacial score (nSPS) is 17.8. The third-order valence-corrected chi connectivity index (χ3v) is 22.6. The molecule has 117 heavy (non-hydrogen) atoms. The summed E-state index contributed by atoms with van der Waals surface area (Å²) < 4.78 is 77.6. The summed E-state index contributed by atoms with van der Waals surface area (Å²) in [5.74, 6) is 1.84. The van der Waals surface area contributed by atoms with E-state index in [0.717, 1.165) is 52.6 Å². The minimum absolute atomic E-state index is 0.0517. The molecule has 6 amide bonds. The number of nitrogens with one attached hydrogen (secondary N) is 6. The van der Waals surface area contributed by atoms with Crippen molar-refractivity contribution in [1.29, 1.82) is 0 Å². The number of amides is 6. The lowest BCUT2D eigenvalue weighted by Gasteiger charge is -2.30. The number of nitrogen functional groups attached to an aromatic ring is 1. The minimum Gasteiger partial charge on any atom is -0.491 e. The van der Waals surface area contributed by atoms with Crippen molar-refractivity contribution in [3.8, 4) is 39.3 Å². The van der Waals surface area contributed by atoms with Gasteiger partial charge in [0, 0.05) is 108 Å². The largest absolute Gasteiger partial charge is 0.491 e. The molecule has 10 rings (SSSR count). The number of unbranched alkanes of at least 4 members (excludes halogenated alkanes) is 2. The number of thiazole rings is 1. The molecule has 4 aromatic carbocycles. The molecule has 0 saturated carbocycles. The van der Waals surface area contributed by atoms with Gasteiger partial charge >= 0.3 is 34.8 Å². The summed E-state index contributed by atoms with van der Waals surface area (Å²) in [6.45, 7) is 0.902. The fraction of sp³-hybridized carbons (Fsp3) is 0.342. The molecule has 616 valence electrons. The number of hydrogen-bond acceptors (Lipinski definition) is 26. The van der Waals surface area contributed by atoms with Gasteiger partial charge in [-0.3, -0.25) is 37.9 Å². The van der Waals surface area contributed by atoms with Crippen molar-refractivity contribution in [2.45, 2.75) is 89.0 Å². The Morgan fingerprint density at radius 1 is 0.812 bits per heavy atom. The molecular weight excluding hydrogens is 1610 g/mol. The van der Waals surface area contributed by atoms with E-state index >= 15 is 0 Å². The summed E-state index contributed by atoms with van der Waals surface area (Å²) in [5, 5.41) is 24.4. The number of allylic oxidation sites excluding steroid dienone is 6. The number of aryl methyl sites for hydroxylation is 1. The molecule has 1 aliphatic carbocycles. The van der Waals surface area contributed by atoms with Crippen LogP contribution in [-0.4, -0.2) is 166 Å². The number of aromatic nitrogens is 3. The van der Waals surface area contributed by atoms with Crippen LogP contribution in [0.1, 0.15) is 89.9 Å². The lowest BCUT2D eigenvalue weighted by Crippen LogP contribution is -2.53. The van der Waals surface area contributed by atoms with E-state index in [2.05, 4.69) is 99.8 Å². The summed E-state index contributed by atoms with van der Waals surface area (Å²) in [4.78, 5) is 162. The number of carbonyl (C=O) groups excluding carboxylic acids is 6. The fourth-order valence-electron chi connectivity index (χ4n) is 12.3. The third-order valence-electron chi connectivity index (χ3n) is 17.7. The summed E-state index contributed by atoms with van der Waals surface area (Å²) >= 11 is 1.35. The zero-order valence-corrected chi connectivity index (χ0v) is 65.9. The van der Waals surface area contributed by atoms with Crippen LogP contribution in [0.4, 0.5) is 11.5 Å². The summed E-state index contributed by atoms with van der Waals surface area (Å²) in [6.07, 6.45) is 10.8. The molecule has 1 fully saturated rings. The molecule has 7 unspecified atom stereocenters. The Kier molecular flexibility index (Phi) is 31.5. The minimum atomic E-state index is -5.88. The van der Waals surface area contributed by atoms with E-state index in [-0.39, 0.29) is 85.8 Å². The number of anilines is 2. The average molecular weight is 1690 g/mol. The summed E-state index contributed by atoms with van der Waals surface area (Å²) in [7, 11) is -17.2. The molecule has 0 radical (unpaired) electrons. The van der Waals surface area contributed by atoms with Gasteiger partial charge in [-0.05, 0) is 122 Å². The fourth-order valence-corrected chi connectivity index (χ4v) is 16.4. The number of hydrogen-bond donors (Lipinski definition) is 11. The van der Waals surface area contributed by atoms with Crippen molar-refractivity contribution in [2.75, 3.05) is 83.0 Å². The second kappa shape index (κ2) is 41.9. The summed E-state index contributed by atoms with van der Waals surface area (Å²) in [6, 6.07) is 23.4. The predicted octanol–water partition coefficient (Wildman–Crippen LogP) is 7.57. The van der Waals surface area contributed by atoms with E-state index in [9.17, 15) is 67.4 Å². The van der Waals surface area contributed by atoms with Crippen molar-refractivity contribution >= 4 is 103 Å². The predicted molar refractivity (Wildman–Crippen MR) is 425 cm³/mol. The van der Waals surface area contributed by atoms with Crippen molar-refractivity contribution in [3.63, 3.8) is 0 Å². The Labute approximate surface area is 669 Å². The van der Waals surface area contributed by atoms with Gasteiger partial charge in [0.05, 0.1) is 35.0 Å². The van der Waals surface area contributed by atoms with Crippen LogP contribution in [0.3, 0.4) is 0 Å². The zero-order chi connectivity index (χ0) is 83.7. The van der Waals surface area contributed by atoms with Crippen molar-refractivity contribution in [2.24, 2.45) is 10.2 Å². The van der Waals surface area contributed by atoms with E-state index in [1.807, 2.05) is 30.3 Å². The summed E-state index contributed by atoms with van der Waals surface area (Å²) in [5.41, 5.74) is 27.5. The van der Waals surface area contributed by atoms with Crippen molar-refractivity contribution in [1.82, 2.24) is 46.4 Å². The SMILES string of the molecule is CCN1CCCc2cc3c(-c4ccccc4C(=O)NCCCC(=O)NC(CNC(=O)C4=C/C=C\C=C/C=C\4)C(=O)NCCCCCNC(=O)c4cccc(OCC(N=[N+]=[N-])OCC(=O)NCC#Cc5cn(C6CC(OCN=[N+]=[N-])C(COP(=O)(O)OP(=O)(O)OP(=O)(O)O)O6)c(=O)nc5N)c4)c(-c4nc5ccccc5s4)c(=O)oc3cc21. The monoisotopic (exact) mass is 1690 g/mol. The number of nitrogens with two attached hydrogens (primary N) is 1. The van der Waals surface area contributed by atoms with E-state index in [1.165, 1.54) is 29.5 Å². The zero-order valence-electron chi connectivity index (χ0n) is 62.4. The lowest BCUT2D eigenvalue weighted by molar-refractivity contribution is -0.129. The van der Waals surface area contributed by atoms with Gasteiger partial charge in [-0.15, -0.1) is 11.3 Å². The highest BCUT2D eigenvalue weighted by Gasteiger charge is 2.44. The molecule has 40 nitrogen and oxygen atoms in total. The van der Waals surface area contributed by atoms with Crippen LogP contribution in [0.25, 0.3) is 63.8 Å². The van der Waals surface area contributed by atoms with Gasteiger partial charge in [-0.1, -0.05) is 88.8 Å². The molecule has 7 atom stereocenters. The highest BCUT2D eigenvalue weighted by atomic mass is 32.1. The van der Waals surface area contributed by atoms with Gasteiger partial charge in [0.15, 0.2) is 6.23 Å². The van der Waals surface area contributed by atoms with Crippen LogP contribution < -0.4 is 58.6 Å². The molecule has 2 aliphatic heterocycles. The Balaban J connectivity index is 0.665. The molecule has 44 heteroatoms. The quantitative estimate of drug-likeness (QED) is 0.00336. The Morgan fingerprint density at radius 2 is 1.57 bits per heavy atom. The van der Waals surface area contributed by atoms with Crippen LogP contribution in [0.15, 0.2) is 163 Å². The Hall–Kier alpha value is -11.5. The van der Waals surface area contributed by atoms with Gasteiger partial charge in [0.1, 0.15) is 66.0 Å². The number of phosphoric ester groups is 1. The highest BCUT2D eigenvalue weighted by Crippen LogP contribution is 2.66. The van der Waals surface area contributed by atoms with Crippen LogP contribution in [0.5, 0.6) is 5.75 Å². The van der Waals surface area contributed by atoms with E-state index in [1.54, 1.807) is 72.9 Å². The topological polar surface area (TPSA) is 576 Å². The van der Waals surface area contributed by atoms with Gasteiger partial charge in [-0.2, -0.15) is 13.6 Å². The van der Waals surface area contributed by atoms with Crippen molar-refractivity contribution in [3.05, 3.63) is 203 Å². The number of ether oxygens (including phenoxy) is 4. The maximum absolute atomic E-state index is 14.4. The van der Waals surface area contributed by atoms with Crippen LogP contribution in [0, 0.1) is 11.8 Å². The smallest absolute Gasteiger partial charge is 0.490 e. The second-order valence-corrected chi connectivity index (χ2v) is 31.3. The molecule has 12 N–H and O–H groups in total. The first-order valence-electron chi connectivity index (χ1n) is 36.3. The van der Waals surface area contributed by atoms with E-state index in [0.29, 0.717) is 57.5 Å². The Morgan fingerprint density at radius 3 is 2.36 bits per heavy atom. The number of para-hydroxylation sites is 1. The molecule has 7 aromatic rings. The molecule has 5 heterocycles. The average Bonchev–Trinajstić information content (AvgIpc) is 1.69. The highest BCUT2D eigenvalue weighted by molar-refractivity contribution is 7.66. The molecule has 1 saturated heterocycles. The number of carbonyl (C=O) groups is 6. The Bertz CT molecular complexity index is 5420. The van der Waals surface area contributed by atoms with Gasteiger partial charge in [0.2, 0.25) is 17.7 Å². The third kappa shape index (κ3) is 25.5. The van der Waals surface area contributed by atoms with Gasteiger partial charge < -0.3 is 85.5 Å². The lowest BCUT2D eigenvalue weighted by atomic mass is 9.90. The number of nitrogens with zero attached hydrogens (tertiary/aromatic N) is 10. The number of benzene rings is 4. The number of azide groups is 2. The van der Waals surface area contributed by atoms with Crippen LogP contribution >= 0.6 is 34.8 Å². The number of fused-ring (bicyclic) bond motifs is 3. The van der Waals surface area contributed by atoms with Crippen molar-refractivity contribution < 1.29 is 98.5 Å². The van der Waals surface area contributed by atoms with Crippen LogP contribution in [0.2, 0.25) is 0 Å². The molecule has 3 aromatic heterocycles. The standard InChI is InChI=1S/C73H80N17O23P3S/c1-2-89-34-18-23-46-36-52-56(37-55(46)89)111-72(97)65(71-84-53-27-11-12-28-59(53)117-71)64(52)50-25-9-10-26-51(50)69(95)79-33-17-29-60(91)83-54(39-81-67(93)45-19-7-4-3-5-8-20-45)70(96)80-31-14-6-13-30-78-68(94)47-21-15-24-49(35-47)106-43-62(86-88-76)107-42-61(92)77-32-16-22-48-40-90(73(98)85-66(48)74)63-38-57(108-44-82-87-75)58(110-63)41-109-115(102,103)113-116(104,105)112-114(99,100)101/h3-5,7-12,15,19-21,24-28,35-37,40,54,57-58,62-63H,2,6,13-14,17-18,23,29-34,38-39,41-44H2,1H3,(H,77,92)(H,78,94)(H,79,95)(H,80,96)(H,81,93)(H,83,91)(H,102,103)(H,104,105)(H2,74,85,98)(H2,99,100,101)/b4-3-,5-3?,7-4?,8-5-,19-7-,20-8?,45-19?,45-20+. The van der Waals surface area contributed by atoms with E-state index < -0.39 is 127 Å². The first-order chi connectivity index (χ1) is 56.2. The van der Waals surface area contributed by atoms with E-state index in [4.69, 9.17) is 49.4 Å². The number of rotatable bonds is 39. The molecule has 0 spiro atoms. The van der Waals surface area contributed by atoms with Crippen LogP contribution in [-0.2, 0) is 66.6 Å². The van der Waals surface area contributed by atoms with Gasteiger partial charge in [0.25, 0.3) is 17.7 Å². The number of phosphoric acid groups is 3. The molecule has 0 bridgehead atoms.